The van der Waals surface area contributed by atoms with Crippen molar-refractivity contribution in [2.24, 2.45) is 0 Å². The number of amides is 1. The highest BCUT2D eigenvalue weighted by atomic mass is 16.5. The largest absolute Gasteiger partial charge is 0.497 e. The third-order valence-electron chi connectivity index (χ3n) is 4.92. The van der Waals surface area contributed by atoms with Gasteiger partial charge in [0.15, 0.2) is 0 Å². The van der Waals surface area contributed by atoms with E-state index < -0.39 is 0 Å². The Morgan fingerprint density at radius 1 is 1.10 bits per heavy atom. The molecule has 10 nitrogen and oxygen atoms in total. The summed E-state index contributed by atoms with van der Waals surface area (Å²) in [4.78, 5) is 16.0. The molecular formula is C21H24N6O4. The highest BCUT2D eigenvalue weighted by Crippen LogP contribution is 2.29. The zero-order valence-corrected chi connectivity index (χ0v) is 17.4. The first-order chi connectivity index (χ1) is 15.2. The van der Waals surface area contributed by atoms with Crippen molar-refractivity contribution < 1.29 is 19.0 Å². The summed E-state index contributed by atoms with van der Waals surface area (Å²) in [5.41, 5.74) is 2.50. The fourth-order valence-electron chi connectivity index (χ4n) is 3.29. The van der Waals surface area contributed by atoms with E-state index in [1.165, 1.54) is 11.9 Å². The number of hydrogen-bond donors (Lipinski definition) is 1. The van der Waals surface area contributed by atoms with Gasteiger partial charge in [-0.05, 0) is 41.6 Å². The minimum atomic E-state index is -0.296. The van der Waals surface area contributed by atoms with E-state index in [-0.39, 0.29) is 12.5 Å². The van der Waals surface area contributed by atoms with E-state index >= 15 is 0 Å². The molecule has 10 heteroatoms. The number of morpholine rings is 1. The van der Waals surface area contributed by atoms with Gasteiger partial charge in [-0.1, -0.05) is 0 Å². The van der Waals surface area contributed by atoms with Crippen LogP contribution in [0.15, 0.2) is 42.5 Å². The number of hydrogen-bond acceptors (Lipinski definition) is 8. The molecule has 2 aromatic carbocycles. The van der Waals surface area contributed by atoms with Gasteiger partial charge in [-0.15, -0.1) is 10.2 Å². The topological polar surface area (TPSA) is 104 Å². The Bertz CT molecular complexity index is 1030. The molecule has 0 spiro atoms. The van der Waals surface area contributed by atoms with E-state index in [2.05, 4.69) is 25.6 Å². The van der Waals surface area contributed by atoms with E-state index in [9.17, 15) is 4.79 Å². The van der Waals surface area contributed by atoms with Crippen LogP contribution >= 0.6 is 0 Å². The molecular weight excluding hydrogens is 400 g/mol. The van der Waals surface area contributed by atoms with Crippen LogP contribution in [0, 0.1) is 0 Å². The number of nitrogens with one attached hydrogen (secondary N) is 1. The molecule has 0 unspecified atom stereocenters. The number of aromatic nitrogens is 4. The molecule has 4 rings (SSSR count). The number of benzene rings is 2. The minimum Gasteiger partial charge on any atom is -0.497 e. The van der Waals surface area contributed by atoms with Crippen molar-refractivity contribution in [3.05, 3.63) is 42.5 Å². The maximum atomic E-state index is 12.4. The van der Waals surface area contributed by atoms with Crippen LogP contribution in [-0.4, -0.2) is 66.6 Å². The normalized spacial score (nSPS) is 13.7. The van der Waals surface area contributed by atoms with E-state index in [0.717, 1.165) is 37.6 Å². The van der Waals surface area contributed by atoms with Crippen LogP contribution in [-0.2, 0) is 16.1 Å². The van der Waals surface area contributed by atoms with E-state index in [1.54, 1.807) is 25.3 Å². The lowest BCUT2D eigenvalue weighted by molar-refractivity contribution is -0.117. The summed E-state index contributed by atoms with van der Waals surface area (Å²) in [6, 6.07) is 13.1. The molecule has 0 saturated carbocycles. The fourth-order valence-corrected chi connectivity index (χ4v) is 3.29. The first-order valence-electron chi connectivity index (χ1n) is 9.89. The lowest BCUT2D eigenvalue weighted by Gasteiger charge is -2.28. The van der Waals surface area contributed by atoms with Crippen molar-refractivity contribution >= 4 is 17.3 Å². The van der Waals surface area contributed by atoms with Crippen LogP contribution in [0.2, 0.25) is 0 Å². The molecule has 31 heavy (non-hydrogen) atoms. The molecule has 1 aliphatic rings. The molecule has 1 saturated heterocycles. The number of carbonyl (C=O) groups excluding carboxylic acids is 1. The Morgan fingerprint density at radius 3 is 2.58 bits per heavy atom. The summed E-state index contributed by atoms with van der Waals surface area (Å²) in [6.45, 7) is 3.15. The molecule has 0 atom stereocenters. The van der Waals surface area contributed by atoms with E-state index in [0.29, 0.717) is 23.0 Å². The van der Waals surface area contributed by atoms with Gasteiger partial charge < -0.3 is 24.4 Å². The number of rotatable bonds is 7. The van der Waals surface area contributed by atoms with Crippen molar-refractivity contribution in [2.75, 3.05) is 50.7 Å². The first kappa shape index (κ1) is 20.6. The summed E-state index contributed by atoms with van der Waals surface area (Å²) < 4.78 is 15.9. The van der Waals surface area contributed by atoms with Gasteiger partial charge in [-0.3, -0.25) is 4.79 Å². The SMILES string of the molecule is COc1ccc(NC(=O)Cn2nnc(-c3ccc(N4CCOCC4)cc3)n2)c(OC)c1. The maximum Gasteiger partial charge on any atom is 0.248 e. The smallest absolute Gasteiger partial charge is 0.248 e. The summed E-state index contributed by atoms with van der Waals surface area (Å²) in [5.74, 6) is 1.30. The van der Waals surface area contributed by atoms with E-state index in [4.69, 9.17) is 14.2 Å². The lowest BCUT2D eigenvalue weighted by atomic mass is 10.2. The van der Waals surface area contributed by atoms with Crippen LogP contribution in [0.1, 0.15) is 0 Å². The van der Waals surface area contributed by atoms with Crippen LogP contribution in [0.25, 0.3) is 11.4 Å². The second kappa shape index (κ2) is 9.43. The van der Waals surface area contributed by atoms with Crippen molar-refractivity contribution in [1.82, 2.24) is 20.2 Å². The molecule has 162 valence electrons. The van der Waals surface area contributed by atoms with Crippen LogP contribution in [0.5, 0.6) is 11.5 Å². The second-order valence-electron chi connectivity index (χ2n) is 6.90. The third kappa shape index (κ3) is 4.92. The molecule has 0 bridgehead atoms. The number of nitrogens with zero attached hydrogens (tertiary/aromatic N) is 5. The van der Waals surface area contributed by atoms with Gasteiger partial charge in [0.25, 0.3) is 0 Å². The summed E-state index contributed by atoms with van der Waals surface area (Å²) in [7, 11) is 3.09. The Labute approximate surface area is 179 Å². The van der Waals surface area contributed by atoms with Gasteiger partial charge in [0, 0.05) is 30.4 Å². The van der Waals surface area contributed by atoms with Gasteiger partial charge >= 0.3 is 0 Å². The number of methoxy groups -OCH3 is 2. The number of ether oxygens (including phenoxy) is 3. The highest BCUT2D eigenvalue weighted by Gasteiger charge is 2.14. The minimum absolute atomic E-state index is 0.0754. The fraction of sp³-hybridized carbons (Fsp3) is 0.333. The monoisotopic (exact) mass is 424 g/mol. The Kier molecular flexibility index (Phi) is 6.27. The molecule has 1 aliphatic heterocycles. The van der Waals surface area contributed by atoms with Crippen molar-refractivity contribution in [3.63, 3.8) is 0 Å². The number of carbonyl (C=O) groups is 1. The lowest BCUT2D eigenvalue weighted by Crippen LogP contribution is -2.36. The standard InChI is InChI=1S/C21H24N6O4/c1-29-17-7-8-18(19(13-17)30-2)22-20(28)14-27-24-21(23-25-27)15-3-5-16(6-4-15)26-9-11-31-12-10-26/h3-8,13H,9-12,14H2,1-2H3,(H,22,28). The highest BCUT2D eigenvalue weighted by molar-refractivity contribution is 5.92. The molecule has 0 aliphatic carbocycles. The van der Waals surface area contributed by atoms with E-state index in [1.807, 2.05) is 24.3 Å². The first-order valence-corrected chi connectivity index (χ1v) is 9.89. The maximum absolute atomic E-state index is 12.4. The zero-order valence-electron chi connectivity index (χ0n) is 17.4. The molecule has 1 aromatic heterocycles. The summed E-state index contributed by atoms with van der Waals surface area (Å²) in [6.07, 6.45) is 0. The summed E-state index contributed by atoms with van der Waals surface area (Å²) in [5, 5.41) is 15.2. The average molecular weight is 424 g/mol. The second-order valence-corrected chi connectivity index (χ2v) is 6.90. The molecule has 2 heterocycles. The van der Waals surface area contributed by atoms with Gasteiger partial charge in [-0.25, -0.2) is 0 Å². The Hall–Kier alpha value is -3.66. The van der Waals surface area contributed by atoms with Crippen LogP contribution in [0.3, 0.4) is 0 Å². The predicted octanol–water partition coefficient (Wildman–Crippen LogP) is 1.83. The third-order valence-corrected chi connectivity index (χ3v) is 4.92. The number of tetrazole rings is 1. The molecule has 0 radical (unpaired) electrons. The van der Waals surface area contributed by atoms with Crippen molar-refractivity contribution in [2.45, 2.75) is 6.54 Å². The number of anilines is 2. The average Bonchev–Trinajstić information content (AvgIpc) is 3.28. The van der Waals surface area contributed by atoms with Gasteiger partial charge in [0.2, 0.25) is 11.7 Å². The summed E-state index contributed by atoms with van der Waals surface area (Å²) >= 11 is 0. The van der Waals surface area contributed by atoms with Gasteiger partial charge in [0.1, 0.15) is 18.0 Å². The van der Waals surface area contributed by atoms with Crippen molar-refractivity contribution in [3.8, 4) is 22.9 Å². The van der Waals surface area contributed by atoms with Crippen molar-refractivity contribution in [1.29, 1.82) is 0 Å². The Morgan fingerprint density at radius 2 is 1.87 bits per heavy atom. The molecule has 1 amide bonds. The molecule has 1 N–H and O–H groups in total. The van der Waals surface area contributed by atoms with Gasteiger partial charge in [-0.2, -0.15) is 4.80 Å². The molecule has 1 fully saturated rings. The quantitative estimate of drug-likeness (QED) is 0.613. The van der Waals surface area contributed by atoms with Gasteiger partial charge in [0.05, 0.1) is 33.1 Å². The zero-order chi connectivity index (χ0) is 21.6. The predicted molar refractivity (Wildman–Crippen MR) is 114 cm³/mol. The van der Waals surface area contributed by atoms with Crippen LogP contribution < -0.4 is 19.7 Å². The Balaban J connectivity index is 1.39. The molecule has 3 aromatic rings. The van der Waals surface area contributed by atoms with Crippen LogP contribution in [0.4, 0.5) is 11.4 Å².